The van der Waals surface area contributed by atoms with Gasteiger partial charge in [0.05, 0.1) is 17.5 Å². The van der Waals surface area contributed by atoms with Gasteiger partial charge in [0.15, 0.2) is 11.5 Å². The Kier molecular flexibility index (Phi) is 6.42. The molecule has 2 fully saturated rings. The fourth-order valence-electron chi connectivity index (χ4n) is 4.41. The zero-order valence-corrected chi connectivity index (χ0v) is 19.5. The van der Waals surface area contributed by atoms with Gasteiger partial charge in [-0.3, -0.25) is 9.69 Å². The molecule has 12 heteroatoms. The summed E-state index contributed by atoms with van der Waals surface area (Å²) in [5.74, 6) is -0.391. The largest absolute Gasteiger partial charge is 0.416 e. The molecule has 0 aliphatic carbocycles. The standard InChI is InChI=1S/C25H24F3N7O2/c26-25(27,28)16-6-8-18(9-7-16)35-22(34-24(35)37)15-4-1-3-14(11-15)19-13-31-21(29)20(33-19)23(36)32-17-5-2-10-30-12-17/h1,3-4,6-9,11,13,17,22,30H,2,5,10,12H2,(H2,29,31)(H,32,36)(H,34,37)/t17-,22?/m0/s1. The lowest BCUT2D eigenvalue weighted by molar-refractivity contribution is -0.137. The number of alkyl halides is 3. The number of carbonyl (C=O) groups excluding carboxylic acids is 2. The minimum atomic E-state index is -4.47. The third-order valence-corrected chi connectivity index (χ3v) is 6.36. The molecule has 0 radical (unpaired) electrons. The highest BCUT2D eigenvalue weighted by molar-refractivity contribution is 5.99. The van der Waals surface area contributed by atoms with E-state index in [-0.39, 0.29) is 17.6 Å². The van der Waals surface area contributed by atoms with Crippen molar-refractivity contribution < 1.29 is 22.8 Å². The van der Waals surface area contributed by atoms with E-state index in [1.807, 2.05) is 0 Å². The summed E-state index contributed by atoms with van der Waals surface area (Å²) in [6.45, 7) is 1.58. The van der Waals surface area contributed by atoms with Crippen LogP contribution in [0.4, 0.5) is 29.5 Å². The molecular formula is C25H24F3N7O2. The van der Waals surface area contributed by atoms with Gasteiger partial charge in [-0.2, -0.15) is 13.2 Å². The van der Waals surface area contributed by atoms with Crippen LogP contribution in [0.25, 0.3) is 11.3 Å². The summed E-state index contributed by atoms with van der Waals surface area (Å²) in [6, 6.07) is 11.0. The van der Waals surface area contributed by atoms with Crippen LogP contribution in [0.15, 0.2) is 54.7 Å². The van der Waals surface area contributed by atoms with Crippen LogP contribution in [0.5, 0.6) is 0 Å². The number of benzene rings is 2. The van der Waals surface area contributed by atoms with E-state index in [9.17, 15) is 22.8 Å². The van der Waals surface area contributed by atoms with Crippen molar-refractivity contribution in [3.05, 3.63) is 71.5 Å². The third-order valence-electron chi connectivity index (χ3n) is 6.36. The molecule has 3 amide bonds. The number of hydrogen-bond acceptors (Lipinski definition) is 6. The van der Waals surface area contributed by atoms with E-state index in [0.717, 1.165) is 31.5 Å². The molecule has 2 aliphatic rings. The Morgan fingerprint density at radius 2 is 1.95 bits per heavy atom. The van der Waals surface area contributed by atoms with E-state index in [1.165, 1.54) is 23.2 Å². The highest BCUT2D eigenvalue weighted by atomic mass is 19.4. The molecule has 1 aromatic heterocycles. The molecule has 192 valence electrons. The number of nitrogens with zero attached hydrogens (tertiary/aromatic N) is 3. The molecule has 2 aliphatic heterocycles. The molecule has 5 rings (SSSR count). The minimum absolute atomic E-state index is 0.0147. The van der Waals surface area contributed by atoms with Gasteiger partial charge >= 0.3 is 12.2 Å². The Morgan fingerprint density at radius 1 is 1.16 bits per heavy atom. The number of nitrogens with two attached hydrogens (primary N) is 1. The molecule has 2 saturated heterocycles. The number of nitrogens with one attached hydrogen (secondary N) is 3. The zero-order chi connectivity index (χ0) is 26.2. The van der Waals surface area contributed by atoms with Crippen LogP contribution < -0.4 is 26.6 Å². The summed E-state index contributed by atoms with van der Waals surface area (Å²) >= 11 is 0. The number of amides is 3. The summed E-state index contributed by atoms with van der Waals surface area (Å²) in [5, 5.41) is 8.92. The molecule has 9 nitrogen and oxygen atoms in total. The second kappa shape index (κ2) is 9.69. The van der Waals surface area contributed by atoms with Gasteiger partial charge in [-0.15, -0.1) is 0 Å². The van der Waals surface area contributed by atoms with Crippen molar-refractivity contribution in [2.75, 3.05) is 23.7 Å². The summed E-state index contributed by atoms with van der Waals surface area (Å²) in [5.41, 5.74) is 7.22. The first-order valence-corrected chi connectivity index (χ1v) is 11.7. The number of hydrogen-bond donors (Lipinski definition) is 4. The van der Waals surface area contributed by atoms with E-state index in [2.05, 4.69) is 25.9 Å². The number of aromatic nitrogens is 2. The average Bonchev–Trinajstić information content (AvgIpc) is 2.88. The monoisotopic (exact) mass is 511 g/mol. The van der Waals surface area contributed by atoms with Crippen molar-refractivity contribution in [1.29, 1.82) is 0 Å². The van der Waals surface area contributed by atoms with E-state index < -0.39 is 29.8 Å². The van der Waals surface area contributed by atoms with Crippen LogP contribution in [0, 0.1) is 0 Å². The quantitative estimate of drug-likeness (QED) is 0.416. The topological polar surface area (TPSA) is 125 Å². The first-order valence-electron chi connectivity index (χ1n) is 11.7. The molecule has 37 heavy (non-hydrogen) atoms. The third kappa shape index (κ3) is 5.05. The van der Waals surface area contributed by atoms with Gasteiger partial charge < -0.3 is 21.7 Å². The van der Waals surface area contributed by atoms with Crippen LogP contribution >= 0.6 is 0 Å². The van der Waals surface area contributed by atoms with Gasteiger partial charge in [0.1, 0.15) is 6.17 Å². The Morgan fingerprint density at radius 3 is 2.62 bits per heavy atom. The lowest BCUT2D eigenvalue weighted by Crippen LogP contribution is -2.59. The smallest absolute Gasteiger partial charge is 0.382 e. The Hall–Kier alpha value is -4.19. The normalized spacial score (nSPS) is 19.6. The number of nitrogen functional groups attached to an aromatic ring is 1. The van der Waals surface area contributed by atoms with Crippen LogP contribution in [0.2, 0.25) is 0 Å². The molecule has 2 atom stereocenters. The first kappa shape index (κ1) is 24.5. The second-order valence-electron chi connectivity index (χ2n) is 8.90. The predicted molar refractivity (Wildman–Crippen MR) is 130 cm³/mol. The predicted octanol–water partition coefficient (Wildman–Crippen LogP) is 3.45. The van der Waals surface area contributed by atoms with Crippen LogP contribution in [-0.2, 0) is 6.18 Å². The molecule has 3 aromatic rings. The maximum atomic E-state index is 12.9. The average molecular weight is 512 g/mol. The minimum Gasteiger partial charge on any atom is -0.382 e. The SMILES string of the molecule is Nc1ncc(-c2cccc(C3NC(=O)N3c3ccc(C(F)(F)F)cc3)c2)nc1C(=O)N[C@H]1CCCNC1. The molecule has 3 heterocycles. The van der Waals surface area contributed by atoms with Crippen molar-refractivity contribution >= 4 is 23.4 Å². The highest BCUT2D eigenvalue weighted by Crippen LogP contribution is 2.36. The first-order chi connectivity index (χ1) is 17.7. The fourth-order valence-corrected chi connectivity index (χ4v) is 4.41. The summed E-state index contributed by atoms with van der Waals surface area (Å²) in [4.78, 5) is 35.1. The molecule has 0 saturated carbocycles. The Labute approximate surface area is 210 Å². The van der Waals surface area contributed by atoms with Gasteiger partial charge in [-0.1, -0.05) is 18.2 Å². The Balaban J connectivity index is 1.37. The number of halogens is 3. The molecular weight excluding hydrogens is 487 g/mol. The van der Waals surface area contributed by atoms with E-state index in [0.29, 0.717) is 29.1 Å². The maximum Gasteiger partial charge on any atom is 0.416 e. The lowest BCUT2D eigenvalue weighted by atomic mass is 10.0. The zero-order valence-electron chi connectivity index (χ0n) is 19.5. The van der Waals surface area contributed by atoms with Gasteiger partial charge in [-0.05, 0) is 55.3 Å². The number of rotatable bonds is 5. The molecule has 5 N–H and O–H groups in total. The van der Waals surface area contributed by atoms with Crippen molar-refractivity contribution in [3.8, 4) is 11.3 Å². The summed E-state index contributed by atoms with van der Waals surface area (Å²) in [6.07, 6.45) is -1.78. The van der Waals surface area contributed by atoms with Gasteiger partial charge in [-0.25, -0.2) is 14.8 Å². The van der Waals surface area contributed by atoms with E-state index in [4.69, 9.17) is 5.73 Å². The van der Waals surface area contributed by atoms with Crippen molar-refractivity contribution in [2.45, 2.75) is 31.2 Å². The molecule has 0 spiro atoms. The van der Waals surface area contributed by atoms with Gasteiger partial charge in [0.25, 0.3) is 5.91 Å². The van der Waals surface area contributed by atoms with Crippen LogP contribution in [-0.4, -0.2) is 41.0 Å². The lowest BCUT2D eigenvalue weighted by Gasteiger charge is -2.42. The molecule has 0 bridgehead atoms. The van der Waals surface area contributed by atoms with Crippen molar-refractivity contribution in [3.63, 3.8) is 0 Å². The van der Waals surface area contributed by atoms with Crippen LogP contribution in [0.3, 0.4) is 0 Å². The van der Waals surface area contributed by atoms with Gasteiger partial charge in [0.2, 0.25) is 0 Å². The number of piperidine rings is 1. The number of carbonyl (C=O) groups is 2. The van der Waals surface area contributed by atoms with Gasteiger partial charge in [0, 0.05) is 23.8 Å². The summed E-state index contributed by atoms with van der Waals surface area (Å²) in [7, 11) is 0. The van der Waals surface area contributed by atoms with E-state index in [1.54, 1.807) is 24.3 Å². The molecule has 1 unspecified atom stereocenters. The number of anilines is 2. The van der Waals surface area contributed by atoms with Crippen molar-refractivity contribution in [1.82, 2.24) is 25.9 Å². The van der Waals surface area contributed by atoms with Crippen LogP contribution in [0.1, 0.15) is 40.6 Å². The number of urea groups is 1. The highest BCUT2D eigenvalue weighted by Gasteiger charge is 2.38. The molecule has 2 aromatic carbocycles. The van der Waals surface area contributed by atoms with Crippen molar-refractivity contribution in [2.24, 2.45) is 0 Å². The maximum absolute atomic E-state index is 12.9. The summed E-state index contributed by atoms with van der Waals surface area (Å²) < 4.78 is 38.8. The van der Waals surface area contributed by atoms with E-state index >= 15 is 0 Å². The fraction of sp³-hybridized carbons (Fsp3) is 0.280. The second-order valence-corrected chi connectivity index (χ2v) is 8.90. The Bertz CT molecular complexity index is 1320.